The van der Waals surface area contributed by atoms with E-state index in [0.29, 0.717) is 22.2 Å². The van der Waals surface area contributed by atoms with Crippen molar-refractivity contribution in [1.29, 1.82) is 0 Å². The molecular weight excluding hydrogens is 367 g/mol. The van der Waals surface area contributed by atoms with Gasteiger partial charge < -0.3 is 9.22 Å². The first kappa shape index (κ1) is 18.3. The molecule has 2 bridgehead atoms. The Morgan fingerprint density at radius 3 is 2.70 bits per heavy atom. The van der Waals surface area contributed by atoms with Gasteiger partial charge in [0.15, 0.2) is 6.10 Å². The molecule has 0 saturated carbocycles. The van der Waals surface area contributed by atoms with E-state index in [0.717, 1.165) is 42.5 Å². The van der Waals surface area contributed by atoms with Crippen LogP contribution >= 0.6 is 11.6 Å². The Hall–Kier alpha value is -2.11. The molecule has 0 radical (unpaired) electrons. The third kappa shape index (κ3) is 3.94. The van der Waals surface area contributed by atoms with Gasteiger partial charge in [0.25, 0.3) is 0 Å². The number of hydrogen-bond donors (Lipinski definition) is 1. The molecule has 142 valence electrons. The van der Waals surface area contributed by atoms with Gasteiger partial charge in [0.1, 0.15) is 12.4 Å². The molecule has 2 aromatic carbocycles. The summed E-state index contributed by atoms with van der Waals surface area (Å²) in [5, 5.41) is 3.35. The highest BCUT2D eigenvalue weighted by Gasteiger charge is 2.45. The summed E-state index contributed by atoms with van der Waals surface area (Å²) >= 11 is 6.06. The maximum atomic E-state index is 13.8. The number of carbonyl (C=O) groups is 1. The number of hydrogen-bond acceptors (Lipinski definition) is 2. The molecule has 3 aliphatic rings. The summed E-state index contributed by atoms with van der Waals surface area (Å²) in [4.78, 5) is 12.5. The van der Waals surface area contributed by atoms with Crippen LogP contribution in [0.4, 0.5) is 14.9 Å². The number of halogens is 2. The fourth-order valence-electron chi connectivity index (χ4n) is 4.28. The number of anilines is 1. The van der Waals surface area contributed by atoms with Crippen molar-refractivity contribution in [3.63, 3.8) is 0 Å². The monoisotopic (exact) mass is 389 g/mol. The van der Waals surface area contributed by atoms with E-state index in [-0.39, 0.29) is 11.9 Å². The number of nitrogens with zero attached hydrogens (tertiary/aromatic N) is 1. The zero-order valence-corrected chi connectivity index (χ0v) is 16.0. The van der Waals surface area contributed by atoms with Crippen molar-refractivity contribution >= 4 is 23.4 Å². The van der Waals surface area contributed by atoms with Crippen LogP contribution in [-0.4, -0.2) is 43.4 Å². The van der Waals surface area contributed by atoms with Crippen molar-refractivity contribution < 1.29 is 18.4 Å². The largest absolute Gasteiger partial charge is 0.440 e. The fraction of sp³-hybridized carbons (Fsp3) is 0.381. The number of piperidine rings is 3. The highest BCUT2D eigenvalue weighted by Crippen LogP contribution is 2.35. The van der Waals surface area contributed by atoms with Gasteiger partial charge in [-0.2, -0.15) is 0 Å². The summed E-state index contributed by atoms with van der Waals surface area (Å²) < 4.78 is 20.5. The maximum absolute atomic E-state index is 13.8. The van der Waals surface area contributed by atoms with Crippen molar-refractivity contribution in [2.24, 2.45) is 5.92 Å². The van der Waals surface area contributed by atoms with Crippen LogP contribution in [0.2, 0.25) is 5.02 Å². The number of fused-ring (bicyclic) bond motifs is 3. The number of amides is 1. The Bertz CT molecular complexity index is 865. The molecule has 1 amide bonds. The number of benzene rings is 2. The lowest BCUT2D eigenvalue weighted by molar-refractivity contribution is -0.928. The number of rotatable bonds is 3. The first-order valence-corrected chi connectivity index (χ1v) is 9.66. The molecule has 3 fully saturated rings. The van der Waals surface area contributed by atoms with Crippen molar-refractivity contribution in [1.82, 2.24) is 0 Å². The van der Waals surface area contributed by atoms with Crippen LogP contribution in [0.1, 0.15) is 12.8 Å². The highest BCUT2D eigenvalue weighted by atomic mass is 35.5. The molecule has 2 aromatic rings. The van der Waals surface area contributed by atoms with Gasteiger partial charge in [-0.15, -0.1) is 0 Å². The van der Waals surface area contributed by atoms with Crippen molar-refractivity contribution in [3.05, 3.63) is 53.3 Å². The average molecular weight is 390 g/mol. The van der Waals surface area contributed by atoms with Gasteiger partial charge in [0.2, 0.25) is 0 Å². The molecule has 3 aliphatic heterocycles. The number of ether oxygens (including phenoxy) is 1. The van der Waals surface area contributed by atoms with E-state index in [1.54, 1.807) is 24.3 Å². The van der Waals surface area contributed by atoms with Crippen molar-refractivity contribution in [2.75, 3.05) is 32.0 Å². The second-order valence-electron chi connectivity index (χ2n) is 7.86. The lowest BCUT2D eigenvalue weighted by Crippen LogP contribution is -2.62. The summed E-state index contributed by atoms with van der Waals surface area (Å²) in [6, 6.07) is 11.4. The van der Waals surface area contributed by atoms with E-state index in [4.69, 9.17) is 16.3 Å². The zero-order chi connectivity index (χ0) is 19.0. The minimum absolute atomic E-state index is 0.0624. The number of likely N-dealkylation sites (N-methyl/N-ethyl adjacent to an activating group) is 1. The molecule has 3 heterocycles. The molecule has 1 atom stereocenters. The second-order valence-corrected chi connectivity index (χ2v) is 8.29. The Morgan fingerprint density at radius 2 is 2.00 bits per heavy atom. The first-order valence-electron chi connectivity index (χ1n) is 9.29. The molecule has 3 saturated heterocycles. The standard InChI is InChI=1S/C21H22ClFN2O2/c1-25-9-7-14(8-10-25)20(13-25)27-21(26)24-19-6-5-17(23)12-18(19)15-3-2-4-16(22)11-15/h2-6,11-12,14,20H,7-10,13H2,1H3/p+1. The molecule has 1 unspecified atom stereocenters. The number of quaternary nitrogens is 1. The maximum Gasteiger partial charge on any atom is 0.412 e. The molecule has 0 aliphatic carbocycles. The van der Waals surface area contributed by atoms with Gasteiger partial charge in [0, 0.05) is 29.3 Å². The van der Waals surface area contributed by atoms with E-state index >= 15 is 0 Å². The molecule has 1 N–H and O–H groups in total. The average Bonchev–Trinajstić information content (AvgIpc) is 2.63. The van der Waals surface area contributed by atoms with Gasteiger partial charge in [-0.3, -0.25) is 5.32 Å². The summed E-state index contributed by atoms with van der Waals surface area (Å²) in [5.74, 6) is 0.0648. The predicted molar refractivity (Wildman–Crippen MR) is 104 cm³/mol. The lowest BCUT2D eigenvalue weighted by atomic mass is 9.84. The third-order valence-electron chi connectivity index (χ3n) is 5.84. The smallest absolute Gasteiger partial charge is 0.412 e. The van der Waals surface area contributed by atoms with Gasteiger partial charge in [-0.05, 0) is 35.9 Å². The molecule has 5 rings (SSSR count). The fourth-order valence-corrected chi connectivity index (χ4v) is 4.47. The lowest BCUT2D eigenvalue weighted by Gasteiger charge is -2.49. The van der Waals surface area contributed by atoms with Crippen LogP contribution in [0.5, 0.6) is 0 Å². The predicted octanol–water partition coefficient (Wildman–Crippen LogP) is 4.93. The topological polar surface area (TPSA) is 38.3 Å². The van der Waals surface area contributed by atoms with E-state index in [9.17, 15) is 9.18 Å². The SMILES string of the molecule is C[N+]12CCC(CC1)C(OC(=O)Nc1ccc(F)cc1-c1cccc(Cl)c1)C2. The van der Waals surface area contributed by atoms with E-state index in [1.165, 1.54) is 12.1 Å². The molecule has 6 heteroatoms. The highest BCUT2D eigenvalue weighted by molar-refractivity contribution is 6.30. The van der Waals surface area contributed by atoms with Crippen LogP contribution in [0.3, 0.4) is 0 Å². The quantitative estimate of drug-likeness (QED) is 0.755. The zero-order valence-electron chi connectivity index (χ0n) is 15.3. The summed E-state index contributed by atoms with van der Waals surface area (Å²) in [5.41, 5.74) is 1.81. The van der Waals surface area contributed by atoms with E-state index < -0.39 is 6.09 Å². The van der Waals surface area contributed by atoms with Crippen LogP contribution in [0, 0.1) is 11.7 Å². The van der Waals surface area contributed by atoms with Crippen molar-refractivity contribution in [2.45, 2.75) is 18.9 Å². The molecule has 0 spiro atoms. The summed E-state index contributed by atoms with van der Waals surface area (Å²) in [7, 11) is 2.22. The second kappa shape index (κ2) is 7.13. The number of nitrogens with one attached hydrogen (secondary N) is 1. The third-order valence-corrected chi connectivity index (χ3v) is 6.07. The normalized spacial score (nSPS) is 26.6. The van der Waals surface area contributed by atoms with Crippen LogP contribution < -0.4 is 5.32 Å². The van der Waals surface area contributed by atoms with Crippen molar-refractivity contribution in [3.8, 4) is 11.1 Å². The first-order chi connectivity index (χ1) is 12.9. The van der Waals surface area contributed by atoms with Crippen LogP contribution in [0.15, 0.2) is 42.5 Å². The Balaban J connectivity index is 1.52. The molecular formula is C21H23ClFN2O2+. The van der Waals surface area contributed by atoms with Crippen LogP contribution in [-0.2, 0) is 4.74 Å². The Kier molecular flexibility index (Phi) is 4.82. The van der Waals surface area contributed by atoms with Gasteiger partial charge in [0.05, 0.1) is 25.8 Å². The summed E-state index contributed by atoms with van der Waals surface area (Å²) in [6.45, 7) is 3.18. The van der Waals surface area contributed by atoms with Gasteiger partial charge in [-0.1, -0.05) is 23.7 Å². The van der Waals surface area contributed by atoms with E-state index in [1.807, 2.05) is 6.07 Å². The Labute approximate surface area is 163 Å². The minimum atomic E-state index is -0.491. The van der Waals surface area contributed by atoms with Gasteiger partial charge in [-0.25, -0.2) is 9.18 Å². The Morgan fingerprint density at radius 1 is 1.22 bits per heavy atom. The molecule has 0 aromatic heterocycles. The minimum Gasteiger partial charge on any atom is -0.440 e. The molecule has 27 heavy (non-hydrogen) atoms. The summed E-state index contributed by atoms with van der Waals surface area (Å²) in [6.07, 6.45) is 1.64. The number of carbonyl (C=O) groups excluding carboxylic acids is 1. The van der Waals surface area contributed by atoms with E-state index in [2.05, 4.69) is 12.4 Å². The van der Waals surface area contributed by atoms with Gasteiger partial charge >= 0.3 is 6.09 Å². The molecule has 4 nitrogen and oxygen atoms in total. The van der Waals surface area contributed by atoms with Crippen LogP contribution in [0.25, 0.3) is 11.1 Å².